The van der Waals surface area contributed by atoms with Crippen molar-refractivity contribution < 1.29 is 0 Å². The predicted molar refractivity (Wildman–Crippen MR) is 54.4 cm³/mol. The average Bonchev–Trinajstić information content (AvgIpc) is 2.62. The van der Waals surface area contributed by atoms with E-state index in [0.29, 0.717) is 5.92 Å². The molecule has 1 saturated carbocycles. The van der Waals surface area contributed by atoms with Gasteiger partial charge in [0.2, 0.25) is 0 Å². The van der Waals surface area contributed by atoms with Crippen LogP contribution in [0.15, 0.2) is 0 Å². The highest BCUT2D eigenvalue weighted by atomic mass is 32.1. The van der Waals surface area contributed by atoms with Crippen LogP contribution in [0.4, 0.5) is 0 Å². The van der Waals surface area contributed by atoms with E-state index in [9.17, 15) is 0 Å². The molecule has 0 saturated heterocycles. The summed E-state index contributed by atoms with van der Waals surface area (Å²) in [4.78, 5) is 0. The third kappa shape index (κ3) is 1.33. The Bertz CT molecular complexity index is 370. The van der Waals surface area contributed by atoms with E-state index in [1.807, 2.05) is 0 Å². The van der Waals surface area contributed by atoms with Gasteiger partial charge in [-0.3, -0.25) is 9.67 Å². The van der Waals surface area contributed by atoms with Crippen LogP contribution in [-0.2, 0) is 5.54 Å². The van der Waals surface area contributed by atoms with E-state index < -0.39 is 0 Å². The number of nitrogens with one attached hydrogen (secondary N) is 1. The van der Waals surface area contributed by atoms with Gasteiger partial charge in [-0.05, 0) is 32.0 Å². The summed E-state index contributed by atoms with van der Waals surface area (Å²) in [5, 5.41) is 7.15. The van der Waals surface area contributed by atoms with Crippen LogP contribution >= 0.6 is 12.2 Å². The second kappa shape index (κ2) is 2.67. The van der Waals surface area contributed by atoms with E-state index in [1.54, 1.807) is 0 Å². The second-order valence-corrected chi connectivity index (χ2v) is 4.76. The van der Waals surface area contributed by atoms with Gasteiger partial charge < -0.3 is 0 Å². The Hall–Kier alpha value is -0.640. The molecule has 0 bridgehead atoms. The summed E-state index contributed by atoms with van der Waals surface area (Å²) >= 11 is 5.23. The second-order valence-electron chi connectivity index (χ2n) is 4.37. The van der Waals surface area contributed by atoms with Crippen LogP contribution in [0.2, 0.25) is 0 Å². The lowest BCUT2D eigenvalue weighted by Crippen LogP contribution is -2.16. The number of H-pyrrole nitrogens is 1. The van der Waals surface area contributed by atoms with Crippen LogP contribution in [0.1, 0.15) is 45.4 Å². The maximum atomic E-state index is 5.23. The molecule has 1 heterocycles. The van der Waals surface area contributed by atoms with Gasteiger partial charge in [-0.15, -0.1) is 0 Å². The van der Waals surface area contributed by atoms with Gasteiger partial charge in [-0.25, -0.2) is 0 Å². The molecule has 13 heavy (non-hydrogen) atoms. The average molecular weight is 197 g/mol. The van der Waals surface area contributed by atoms with Crippen LogP contribution < -0.4 is 0 Å². The third-order valence-electron chi connectivity index (χ3n) is 2.73. The first-order valence-electron chi connectivity index (χ1n) is 4.72. The molecule has 1 aliphatic carbocycles. The molecule has 1 N–H and O–H groups in total. The summed E-state index contributed by atoms with van der Waals surface area (Å²) in [5.41, 5.74) is 0.254. The number of hydrogen-bond acceptors (Lipinski definition) is 2. The molecule has 0 amide bonds. The molecule has 0 unspecified atom stereocenters. The third-order valence-corrected chi connectivity index (χ3v) is 3.00. The summed E-state index contributed by atoms with van der Waals surface area (Å²) in [7, 11) is 0. The van der Waals surface area contributed by atoms with Gasteiger partial charge in [0.1, 0.15) is 5.82 Å². The van der Waals surface area contributed by atoms with Crippen molar-refractivity contribution in [2.24, 2.45) is 0 Å². The lowest BCUT2D eigenvalue weighted by molar-refractivity contribution is 0.489. The highest BCUT2D eigenvalue weighted by Gasteiger charge is 2.41. The first-order valence-corrected chi connectivity index (χ1v) is 5.13. The first-order chi connectivity index (χ1) is 6.04. The number of aromatic nitrogens is 3. The van der Waals surface area contributed by atoms with Crippen molar-refractivity contribution in [3.05, 3.63) is 10.6 Å². The van der Waals surface area contributed by atoms with E-state index in [-0.39, 0.29) is 5.54 Å². The maximum absolute atomic E-state index is 5.23. The van der Waals surface area contributed by atoms with Crippen molar-refractivity contribution >= 4 is 12.2 Å². The Balaban J connectivity index is 2.53. The molecule has 0 aromatic carbocycles. The van der Waals surface area contributed by atoms with Crippen molar-refractivity contribution in [3.8, 4) is 0 Å². The molecule has 0 spiro atoms. The smallest absolute Gasteiger partial charge is 0.195 e. The Morgan fingerprint density at radius 2 is 2.15 bits per heavy atom. The minimum absolute atomic E-state index is 0.254. The number of rotatable bonds is 2. The Labute approximate surface area is 83.2 Å². The molecule has 0 atom stereocenters. The SMILES string of the molecule is CC(C)c1n[nH]c(=S)n1C1(C)CC1. The van der Waals surface area contributed by atoms with Gasteiger partial charge in [-0.2, -0.15) is 5.10 Å². The Morgan fingerprint density at radius 1 is 1.54 bits per heavy atom. The summed E-state index contributed by atoms with van der Waals surface area (Å²) in [6.07, 6.45) is 2.45. The number of aromatic amines is 1. The van der Waals surface area contributed by atoms with Crippen molar-refractivity contribution in [1.29, 1.82) is 0 Å². The molecule has 1 aromatic rings. The lowest BCUT2D eigenvalue weighted by atomic mass is 10.2. The molecule has 2 rings (SSSR count). The van der Waals surface area contributed by atoms with Crippen molar-refractivity contribution in [2.45, 2.75) is 45.1 Å². The largest absolute Gasteiger partial charge is 0.298 e. The standard InChI is InChI=1S/C9H15N3S/c1-6(2)7-10-11-8(13)12(7)9(3)4-5-9/h6H,4-5H2,1-3H3,(H,11,13). The van der Waals surface area contributed by atoms with Gasteiger partial charge in [0, 0.05) is 11.5 Å². The van der Waals surface area contributed by atoms with Crippen molar-refractivity contribution in [3.63, 3.8) is 0 Å². The minimum Gasteiger partial charge on any atom is -0.298 e. The summed E-state index contributed by atoms with van der Waals surface area (Å²) in [5.74, 6) is 1.52. The highest BCUT2D eigenvalue weighted by molar-refractivity contribution is 7.71. The van der Waals surface area contributed by atoms with Crippen LogP contribution in [0.5, 0.6) is 0 Å². The van der Waals surface area contributed by atoms with Crippen LogP contribution in [0, 0.1) is 4.77 Å². The molecule has 0 radical (unpaired) electrons. The van der Waals surface area contributed by atoms with E-state index in [4.69, 9.17) is 12.2 Å². The molecule has 4 heteroatoms. The summed E-state index contributed by atoms with van der Waals surface area (Å²) in [6.45, 7) is 6.53. The zero-order chi connectivity index (χ0) is 9.64. The first kappa shape index (κ1) is 8.94. The highest BCUT2D eigenvalue weighted by Crippen LogP contribution is 2.44. The van der Waals surface area contributed by atoms with Crippen LogP contribution in [0.25, 0.3) is 0 Å². The normalized spacial score (nSPS) is 19.4. The van der Waals surface area contributed by atoms with E-state index >= 15 is 0 Å². The van der Waals surface area contributed by atoms with Gasteiger partial charge >= 0.3 is 0 Å². The van der Waals surface area contributed by atoms with Crippen molar-refractivity contribution in [1.82, 2.24) is 14.8 Å². The van der Waals surface area contributed by atoms with Gasteiger partial charge in [0.15, 0.2) is 4.77 Å². The molecule has 3 nitrogen and oxygen atoms in total. The van der Waals surface area contributed by atoms with Crippen LogP contribution in [0.3, 0.4) is 0 Å². The Kier molecular flexibility index (Phi) is 1.84. The maximum Gasteiger partial charge on any atom is 0.195 e. The van der Waals surface area contributed by atoms with Gasteiger partial charge in [0.25, 0.3) is 0 Å². The number of nitrogens with zero attached hydrogens (tertiary/aromatic N) is 2. The Morgan fingerprint density at radius 3 is 2.62 bits per heavy atom. The molecular formula is C9H15N3S. The van der Waals surface area contributed by atoms with E-state index in [2.05, 4.69) is 35.5 Å². The zero-order valence-electron chi connectivity index (χ0n) is 8.29. The molecule has 1 fully saturated rings. The van der Waals surface area contributed by atoms with E-state index in [1.165, 1.54) is 12.8 Å². The quantitative estimate of drug-likeness (QED) is 0.739. The fraction of sp³-hybridized carbons (Fsp3) is 0.778. The molecular weight excluding hydrogens is 182 g/mol. The fourth-order valence-electron chi connectivity index (χ4n) is 1.62. The number of hydrogen-bond donors (Lipinski definition) is 1. The van der Waals surface area contributed by atoms with Crippen molar-refractivity contribution in [2.75, 3.05) is 0 Å². The topological polar surface area (TPSA) is 33.6 Å². The molecule has 1 aliphatic rings. The minimum atomic E-state index is 0.254. The van der Waals surface area contributed by atoms with Crippen LogP contribution in [-0.4, -0.2) is 14.8 Å². The molecule has 0 aliphatic heterocycles. The van der Waals surface area contributed by atoms with Gasteiger partial charge in [-0.1, -0.05) is 13.8 Å². The fourth-order valence-corrected chi connectivity index (χ4v) is 1.98. The lowest BCUT2D eigenvalue weighted by Gasteiger charge is -2.15. The predicted octanol–water partition coefficient (Wildman–Crippen LogP) is 2.57. The molecule has 1 aromatic heterocycles. The van der Waals surface area contributed by atoms with Gasteiger partial charge in [0.05, 0.1) is 0 Å². The summed E-state index contributed by atoms with van der Waals surface area (Å²) in [6, 6.07) is 0. The zero-order valence-corrected chi connectivity index (χ0v) is 9.11. The monoisotopic (exact) mass is 197 g/mol. The van der Waals surface area contributed by atoms with E-state index in [0.717, 1.165) is 10.6 Å². The summed E-state index contributed by atoms with van der Waals surface area (Å²) < 4.78 is 2.95. The molecule has 72 valence electrons.